The number of ketones is 1. The van der Waals surface area contributed by atoms with Crippen molar-refractivity contribution in [2.24, 2.45) is 0 Å². The van der Waals surface area contributed by atoms with E-state index in [1.54, 1.807) is 18.2 Å². The van der Waals surface area contributed by atoms with E-state index in [0.717, 1.165) is 0 Å². The molecule has 0 atom stereocenters. The Kier molecular flexibility index (Phi) is 5.02. The highest BCUT2D eigenvalue weighted by Crippen LogP contribution is 2.25. The van der Waals surface area contributed by atoms with Gasteiger partial charge < -0.3 is 9.47 Å². The van der Waals surface area contributed by atoms with E-state index in [0.29, 0.717) is 30.3 Å². The number of hydrogen-bond acceptors (Lipinski definition) is 4. The molecule has 90 valence electrons. The van der Waals surface area contributed by atoms with Crippen LogP contribution in [0.1, 0.15) is 30.6 Å². The number of nitriles is 1. The normalized spacial score (nSPS) is 9.47. The van der Waals surface area contributed by atoms with Crippen molar-refractivity contribution in [1.82, 2.24) is 0 Å². The molecule has 1 rings (SSSR count). The Labute approximate surface area is 101 Å². The lowest BCUT2D eigenvalue weighted by atomic mass is 10.1. The van der Waals surface area contributed by atoms with E-state index >= 15 is 0 Å². The van der Waals surface area contributed by atoms with Gasteiger partial charge in [0.25, 0.3) is 0 Å². The van der Waals surface area contributed by atoms with Crippen molar-refractivity contribution in [2.75, 3.05) is 13.2 Å². The fraction of sp³-hybridized carbons (Fsp3) is 0.385. The molecule has 0 N–H and O–H groups in total. The Balaban J connectivity index is 3.06. The fourth-order valence-electron chi connectivity index (χ4n) is 1.43. The zero-order valence-electron chi connectivity index (χ0n) is 10.0. The third-order valence-electron chi connectivity index (χ3n) is 2.10. The topological polar surface area (TPSA) is 59.3 Å². The summed E-state index contributed by atoms with van der Waals surface area (Å²) >= 11 is 0. The lowest BCUT2D eigenvalue weighted by Gasteiger charge is -2.10. The molecule has 0 saturated carbocycles. The zero-order chi connectivity index (χ0) is 12.7. The number of rotatable bonds is 6. The third kappa shape index (κ3) is 3.49. The lowest BCUT2D eigenvalue weighted by Crippen LogP contribution is -2.04. The molecule has 0 aliphatic heterocycles. The minimum absolute atomic E-state index is 0.157. The van der Waals surface area contributed by atoms with Crippen LogP contribution in [0.5, 0.6) is 11.5 Å². The summed E-state index contributed by atoms with van der Waals surface area (Å²) in [5.41, 5.74) is 0.402. The average Bonchev–Trinajstić information content (AvgIpc) is 2.32. The van der Waals surface area contributed by atoms with Crippen molar-refractivity contribution < 1.29 is 14.3 Å². The molecular formula is C13H15NO3. The van der Waals surface area contributed by atoms with Crippen molar-refractivity contribution in [1.29, 1.82) is 5.26 Å². The lowest BCUT2D eigenvalue weighted by molar-refractivity contribution is 0.0993. The van der Waals surface area contributed by atoms with Crippen molar-refractivity contribution in [2.45, 2.75) is 20.3 Å². The summed E-state index contributed by atoms with van der Waals surface area (Å²) in [6, 6.07) is 6.90. The second-order valence-corrected chi connectivity index (χ2v) is 3.28. The first-order valence-electron chi connectivity index (χ1n) is 5.52. The van der Waals surface area contributed by atoms with E-state index < -0.39 is 0 Å². The van der Waals surface area contributed by atoms with Crippen LogP contribution in [0, 0.1) is 11.3 Å². The summed E-state index contributed by atoms with van der Waals surface area (Å²) in [4.78, 5) is 11.7. The van der Waals surface area contributed by atoms with Crippen LogP contribution in [-0.4, -0.2) is 19.0 Å². The van der Waals surface area contributed by atoms with Crippen molar-refractivity contribution >= 4 is 5.78 Å². The second kappa shape index (κ2) is 6.54. The Bertz CT molecular complexity index is 435. The molecule has 0 spiro atoms. The van der Waals surface area contributed by atoms with Gasteiger partial charge in [0, 0.05) is 0 Å². The molecule has 0 aliphatic rings. The van der Waals surface area contributed by atoms with Crippen LogP contribution in [-0.2, 0) is 0 Å². The number of nitrogens with zero attached hydrogens (tertiary/aromatic N) is 1. The van der Waals surface area contributed by atoms with Crippen LogP contribution in [0.15, 0.2) is 18.2 Å². The van der Waals surface area contributed by atoms with Crippen LogP contribution >= 0.6 is 0 Å². The van der Waals surface area contributed by atoms with E-state index in [1.165, 1.54) is 0 Å². The first-order chi connectivity index (χ1) is 8.22. The summed E-state index contributed by atoms with van der Waals surface area (Å²) in [6.45, 7) is 4.71. The van der Waals surface area contributed by atoms with Crippen LogP contribution in [0.25, 0.3) is 0 Å². The van der Waals surface area contributed by atoms with Gasteiger partial charge in [-0.3, -0.25) is 4.79 Å². The standard InChI is InChI=1S/C13H15NO3/c1-3-16-10-5-6-13(17-4-2)11(9-10)12(15)7-8-14/h5-6,9H,3-4,7H2,1-2H3. The molecule has 17 heavy (non-hydrogen) atoms. The first-order valence-corrected chi connectivity index (χ1v) is 5.52. The monoisotopic (exact) mass is 233 g/mol. The number of ether oxygens (including phenoxy) is 2. The summed E-state index contributed by atoms with van der Waals surface area (Å²) in [5, 5.41) is 8.55. The summed E-state index contributed by atoms with van der Waals surface area (Å²) in [7, 11) is 0. The highest BCUT2D eigenvalue weighted by atomic mass is 16.5. The molecule has 4 heteroatoms. The SMILES string of the molecule is CCOc1ccc(OCC)c(C(=O)CC#N)c1. The molecule has 1 aromatic carbocycles. The van der Waals surface area contributed by atoms with Crippen molar-refractivity contribution in [3.63, 3.8) is 0 Å². The smallest absolute Gasteiger partial charge is 0.180 e. The Morgan fingerprint density at radius 3 is 2.59 bits per heavy atom. The van der Waals surface area contributed by atoms with Gasteiger partial charge in [0.1, 0.15) is 11.5 Å². The molecule has 0 aromatic heterocycles. The van der Waals surface area contributed by atoms with E-state index in [2.05, 4.69) is 0 Å². The van der Waals surface area contributed by atoms with Gasteiger partial charge in [-0.25, -0.2) is 0 Å². The van der Waals surface area contributed by atoms with Gasteiger partial charge in [-0.05, 0) is 32.0 Å². The van der Waals surface area contributed by atoms with Gasteiger partial charge >= 0.3 is 0 Å². The summed E-state index contributed by atoms with van der Waals surface area (Å²) in [5.74, 6) is 0.853. The third-order valence-corrected chi connectivity index (χ3v) is 2.10. The number of benzene rings is 1. The maximum atomic E-state index is 11.7. The van der Waals surface area contributed by atoms with Gasteiger partial charge in [0.05, 0.1) is 31.3 Å². The molecular weight excluding hydrogens is 218 g/mol. The maximum Gasteiger partial charge on any atom is 0.180 e. The predicted molar refractivity (Wildman–Crippen MR) is 63.3 cm³/mol. The van der Waals surface area contributed by atoms with Crippen LogP contribution in [0.4, 0.5) is 0 Å². The van der Waals surface area contributed by atoms with Gasteiger partial charge in [-0.2, -0.15) is 5.26 Å². The Morgan fingerprint density at radius 1 is 1.29 bits per heavy atom. The first kappa shape index (κ1) is 13.0. The van der Waals surface area contributed by atoms with Gasteiger partial charge in [-0.15, -0.1) is 0 Å². The van der Waals surface area contributed by atoms with Crippen LogP contribution in [0.3, 0.4) is 0 Å². The predicted octanol–water partition coefficient (Wildman–Crippen LogP) is 2.58. The molecule has 0 fully saturated rings. The summed E-state index contributed by atoms with van der Waals surface area (Å²) in [6.07, 6.45) is -0.157. The Morgan fingerprint density at radius 2 is 2.00 bits per heavy atom. The quantitative estimate of drug-likeness (QED) is 0.708. The van der Waals surface area contributed by atoms with E-state index in [9.17, 15) is 4.79 Å². The van der Waals surface area contributed by atoms with Gasteiger partial charge in [-0.1, -0.05) is 0 Å². The van der Waals surface area contributed by atoms with Crippen molar-refractivity contribution in [3.05, 3.63) is 23.8 Å². The molecule has 0 radical (unpaired) electrons. The number of hydrogen-bond donors (Lipinski definition) is 0. The van der Waals surface area contributed by atoms with E-state index in [4.69, 9.17) is 14.7 Å². The van der Waals surface area contributed by atoms with Gasteiger partial charge in [0.2, 0.25) is 0 Å². The minimum atomic E-state index is -0.252. The molecule has 0 heterocycles. The molecule has 0 aliphatic carbocycles. The second-order valence-electron chi connectivity index (χ2n) is 3.28. The minimum Gasteiger partial charge on any atom is -0.494 e. The van der Waals surface area contributed by atoms with Crippen LogP contribution in [0.2, 0.25) is 0 Å². The number of Topliss-reactive ketones (excluding diaryl/α,β-unsaturated/α-hetero) is 1. The molecule has 0 bridgehead atoms. The maximum absolute atomic E-state index is 11.7. The molecule has 1 aromatic rings. The molecule has 0 saturated heterocycles. The molecule has 0 amide bonds. The fourth-order valence-corrected chi connectivity index (χ4v) is 1.43. The zero-order valence-corrected chi connectivity index (χ0v) is 10.0. The highest BCUT2D eigenvalue weighted by Gasteiger charge is 2.13. The number of carbonyl (C=O) groups is 1. The Hall–Kier alpha value is -2.02. The van der Waals surface area contributed by atoms with E-state index in [-0.39, 0.29) is 12.2 Å². The average molecular weight is 233 g/mol. The highest BCUT2D eigenvalue weighted by molar-refractivity contribution is 6.00. The largest absolute Gasteiger partial charge is 0.494 e. The van der Waals surface area contributed by atoms with E-state index in [1.807, 2.05) is 19.9 Å². The number of carbonyl (C=O) groups excluding carboxylic acids is 1. The molecule has 4 nitrogen and oxygen atoms in total. The van der Waals surface area contributed by atoms with Crippen molar-refractivity contribution in [3.8, 4) is 17.6 Å². The van der Waals surface area contributed by atoms with Crippen LogP contribution < -0.4 is 9.47 Å². The summed E-state index contributed by atoms with van der Waals surface area (Å²) < 4.78 is 10.7. The van der Waals surface area contributed by atoms with Gasteiger partial charge in [0.15, 0.2) is 5.78 Å². The molecule has 0 unspecified atom stereocenters.